The van der Waals surface area contributed by atoms with Crippen molar-refractivity contribution < 1.29 is 9.59 Å². The van der Waals surface area contributed by atoms with Crippen LogP contribution in [0.2, 0.25) is 0 Å². The molecule has 134 valence electrons. The third-order valence-corrected chi connectivity index (χ3v) is 5.48. The van der Waals surface area contributed by atoms with Crippen LogP contribution in [0.3, 0.4) is 0 Å². The molecule has 1 aliphatic rings. The zero-order valence-corrected chi connectivity index (χ0v) is 15.4. The first-order valence-electron chi connectivity index (χ1n) is 8.77. The lowest BCUT2D eigenvalue weighted by atomic mass is 10.1. The van der Waals surface area contributed by atoms with Gasteiger partial charge in [0.15, 0.2) is 0 Å². The normalized spacial score (nSPS) is 14.6. The predicted octanol–water partition coefficient (Wildman–Crippen LogP) is 2.93. The molecule has 0 radical (unpaired) electrons. The topological polar surface area (TPSA) is 64.4 Å². The van der Waals surface area contributed by atoms with Gasteiger partial charge in [-0.05, 0) is 42.5 Å². The third kappa shape index (κ3) is 4.50. The number of hydrogen-bond acceptors (Lipinski definition) is 4. The summed E-state index contributed by atoms with van der Waals surface area (Å²) >= 11 is 1.67. The molecule has 1 fully saturated rings. The number of nitrogens with zero attached hydrogens (tertiary/aromatic N) is 3. The number of rotatable bonds is 4. The zero-order chi connectivity index (χ0) is 18.4. The van der Waals surface area contributed by atoms with Crippen LogP contribution < -0.4 is 0 Å². The summed E-state index contributed by atoms with van der Waals surface area (Å²) < 4.78 is 0. The van der Waals surface area contributed by atoms with Crippen molar-refractivity contribution in [3.05, 3.63) is 57.8 Å². The highest BCUT2D eigenvalue weighted by atomic mass is 32.1. The molecule has 2 heterocycles. The van der Waals surface area contributed by atoms with Crippen LogP contribution in [0, 0.1) is 11.3 Å². The van der Waals surface area contributed by atoms with Crippen molar-refractivity contribution in [3.8, 4) is 6.07 Å². The van der Waals surface area contributed by atoms with Crippen molar-refractivity contribution in [1.82, 2.24) is 9.80 Å². The first-order valence-corrected chi connectivity index (χ1v) is 9.65. The van der Waals surface area contributed by atoms with E-state index < -0.39 is 0 Å². The van der Waals surface area contributed by atoms with Gasteiger partial charge in [0.05, 0.1) is 11.6 Å². The van der Waals surface area contributed by atoms with Crippen LogP contribution in [-0.4, -0.2) is 47.8 Å². The van der Waals surface area contributed by atoms with Crippen LogP contribution in [0.4, 0.5) is 0 Å². The Balaban J connectivity index is 1.56. The Morgan fingerprint density at radius 1 is 1.08 bits per heavy atom. The van der Waals surface area contributed by atoms with E-state index in [-0.39, 0.29) is 11.8 Å². The van der Waals surface area contributed by atoms with E-state index in [9.17, 15) is 9.59 Å². The van der Waals surface area contributed by atoms with E-state index in [0.29, 0.717) is 43.7 Å². The van der Waals surface area contributed by atoms with Gasteiger partial charge >= 0.3 is 0 Å². The standard InChI is InChI=1S/C20H21N3O2S/c21-15-16-4-1-5-17(14-16)20(25)23-10-3-9-22(11-12-23)19(24)8-7-18-6-2-13-26-18/h1-2,4-6,13-14H,3,7-12H2. The van der Waals surface area contributed by atoms with E-state index >= 15 is 0 Å². The minimum Gasteiger partial charge on any atom is -0.341 e. The summed E-state index contributed by atoms with van der Waals surface area (Å²) in [6.45, 7) is 2.41. The first kappa shape index (κ1) is 18.2. The summed E-state index contributed by atoms with van der Waals surface area (Å²) in [7, 11) is 0. The Hall–Kier alpha value is -2.65. The maximum absolute atomic E-state index is 12.7. The molecule has 0 aliphatic carbocycles. The summed E-state index contributed by atoms with van der Waals surface area (Å²) in [5.41, 5.74) is 1.01. The van der Waals surface area contributed by atoms with Gasteiger partial charge in [0, 0.05) is 43.0 Å². The maximum Gasteiger partial charge on any atom is 0.253 e. The Kier molecular flexibility index (Phi) is 6.03. The van der Waals surface area contributed by atoms with Gasteiger partial charge in [-0.3, -0.25) is 9.59 Å². The molecule has 1 aromatic heterocycles. The van der Waals surface area contributed by atoms with Crippen molar-refractivity contribution in [2.24, 2.45) is 0 Å². The number of benzene rings is 1. The molecule has 3 rings (SSSR count). The first-order chi connectivity index (χ1) is 12.7. The van der Waals surface area contributed by atoms with Crippen LogP contribution in [0.25, 0.3) is 0 Å². The fourth-order valence-corrected chi connectivity index (χ4v) is 3.83. The highest BCUT2D eigenvalue weighted by Gasteiger charge is 2.22. The molecule has 26 heavy (non-hydrogen) atoms. The Morgan fingerprint density at radius 2 is 1.88 bits per heavy atom. The summed E-state index contributed by atoms with van der Waals surface area (Å²) in [5, 5.41) is 11.0. The molecule has 1 aromatic carbocycles. The van der Waals surface area contributed by atoms with Crippen LogP contribution in [0.15, 0.2) is 41.8 Å². The Bertz CT molecular complexity index is 811. The molecule has 0 saturated carbocycles. The van der Waals surface area contributed by atoms with Crippen molar-refractivity contribution in [2.45, 2.75) is 19.3 Å². The summed E-state index contributed by atoms with van der Waals surface area (Å²) in [4.78, 5) is 30.0. The Labute approximate surface area is 157 Å². The average Bonchev–Trinajstić information content (AvgIpc) is 3.08. The second kappa shape index (κ2) is 8.63. The number of amides is 2. The molecule has 2 aromatic rings. The van der Waals surface area contributed by atoms with E-state index in [1.165, 1.54) is 4.88 Å². The van der Waals surface area contributed by atoms with Crippen molar-refractivity contribution in [2.75, 3.05) is 26.2 Å². The molecule has 0 atom stereocenters. The average molecular weight is 367 g/mol. The van der Waals surface area contributed by atoms with Gasteiger partial charge in [-0.2, -0.15) is 5.26 Å². The molecule has 1 aliphatic heterocycles. The summed E-state index contributed by atoms with van der Waals surface area (Å²) in [6, 6.07) is 12.9. The van der Waals surface area contributed by atoms with Gasteiger partial charge in [-0.25, -0.2) is 0 Å². The lowest BCUT2D eigenvalue weighted by Gasteiger charge is -2.22. The lowest BCUT2D eigenvalue weighted by Crippen LogP contribution is -2.37. The van der Waals surface area contributed by atoms with Gasteiger partial charge in [0.2, 0.25) is 5.91 Å². The van der Waals surface area contributed by atoms with Gasteiger partial charge in [-0.1, -0.05) is 12.1 Å². The van der Waals surface area contributed by atoms with Crippen LogP contribution in [0.1, 0.15) is 33.6 Å². The highest BCUT2D eigenvalue weighted by Crippen LogP contribution is 2.14. The number of carbonyl (C=O) groups is 2. The molecule has 0 N–H and O–H groups in total. The predicted molar refractivity (Wildman–Crippen MR) is 101 cm³/mol. The van der Waals surface area contributed by atoms with Crippen LogP contribution in [0.5, 0.6) is 0 Å². The SMILES string of the molecule is N#Cc1cccc(C(=O)N2CCCN(C(=O)CCc3cccs3)CC2)c1. The van der Waals surface area contributed by atoms with E-state index in [4.69, 9.17) is 5.26 Å². The largest absolute Gasteiger partial charge is 0.341 e. The second-order valence-electron chi connectivity index (χ2n) is 6.30. The number of nitriles is 1. The van der Waals surface area contributed by atoms with Gasteiger partial charge in [0.1, 0.15) is 0 Å². The fraction of sp³-hybridized carbons (Fsp3) is 0.350. The van der Waals surface area contributed by atoms with Crippen LogP contribution in [-0.2, 0) is 11.2 Å². The molecule has 2 amide bonds. The van der Waals surface area contributed by atoms with Gasteiger partial charge in [0.25, 0.3) is 5.91 Å². The minimum atomic E-state index is -0.0741. The van der Waals surface area contributed by atoms with Crippen LogP contribution >= 0.6 is 11.3 Å². The lowest BCUT2D eigenvalue weighted by molar-refractivity contribution is -0.131. The van der Waals surface area contributed by atoms with E-state index in [0.717, 1.165) is 12.8 Å². The van der Waals surface area contributed by atoms with Crippen molar-refractivity contribution in [3.63, 3.8) is 0 Å². The molecule has 5 nitrogen and oxygen atoms in total. The number of carbonyl (C=O) groups excluding carboxylic acids is 2. The fourth-order valence-electron chi connectivity index (χ4n) is 3.12. The molecule has 1 saturated heterocycles. The number of thiophene rings is 1. The van der Waals surface area contributed by atoms with E-state index in [2.05, 4.69) is 12.1 Å². The molecular weight excluding hydrogens is 346 g/mol. The number of aryl methyl sites for hydroxylation is 1. The molecule has 6 heteroatoms. The van der Waals surface area contributed by atoms with Gasteiger partial charge < -0.3 is 9.80 Å². The molecule has 0 bridgehead atoms. The molecule has 0 unspecified atom stereocenters. The quantitative estimate of drug-likeness (QED) is 0.835. The number of hydrogen-bond donors (Lipinski definition) is 0. The maximum atomic E-state index is 12.7. The minimum absolute atomic E-state index is 0.0741. The molecule has 0 spiro atoms. The van der Waals surface area contributed by atoms with Crippen molar-refractivity contribution in [1.29, 1.82) is 5.26 Å². The van der Waals surface area contributed by atoms with Gasteiger partial charge in [-0.15, -0.1) is 11.3 Å². The van der Waals surface area contributed by atoms with Crippen molar-refractivity contribution >= 4 is 23.2 Å². The van der Waals surface area contributed by atoms with E-state index in [1.807, 2.05) is 16.3 Å². The zero-order valence-electron chi connectivity index (χ0n) is 14.6. The molecular formula is C20H21N3O2S. The third-order valence-electron chi connectivity index (χ3n) is 4.54. The monoisotopic (exact) mass is 367 g/mol. The highest BCUT2D eigenvalue weighted by molar-refractivity contribution is 7.09. The summed E-state index contributed by atoms with van der Waals surface area (Å²) in [6.07, 6.45) is 2.06. The van der Waals surface area contributed by atoms with E-state index in [1.54, 1.807) is 40.5 Å². The summed E-state index contributed by atoms with van der Waals surface area (Å²) in [5.74, 6) is 0.0779. The smallest absolute Gasteiger partial charge is 0.253 e. The Morgan fingerprint density at radius 3 is 2.65 bits per heavy atom. The second-order valence-corrected chi connectivity index (χ2v) is 7.33.